The molecule has 3 aromatic rings. The zero-order valence-electron chi connectivity index (χ0n) is 16.5. The minimum Gasteiger partial charge on any atom is -0.484 e. The number of rotatable bonds is 6. The lowest BCUT2D eigenvalue weighted by Crippen LogP contribution is -2.33. The Bertz CT molecular complexity index is 1160. The quantitative estimate of drug-likeness (QED) is 0.353. The van der Waals surface area contributed by atoms with Crippen molar-refractivity contribution in [2.75, 3.05) is 0 Å². The van der Waals surface area contributed by atoms with Crippen molar-refractivity contribution in [1.82, 2.24) is 10.2 Å². The molecule has 1 aromatic heterocycles. The molecule has 5 nitrogen and oxygen atoms in total. The van der Waals surface area contributed by atoms with E-state index in [-0.39, 0.29) is 18.6 Å². The summed E-state index contributed by atoms with van der Waals surface area (Å²) in [6.45, 7) is 2.10. The number of hydrogen-bond donors (Lipinski definition) is 1. The maximum absolute atomic E-state index is 12.9. The molecule has 1 unspecified atom stereocenters. The van der Waals surface area contributed by atoms with Crippen molar-refractivity contribution in [3.63, 3.8) is 0 Å². The predicted molar refractivity (Wildman–Crippen MR) is 125 cm³/mol. The number of benzene rings is 2. The highest BCUT2D eigenvalue weighted by atomic mass is 35.5. The van der Waals surface area contributed by atoms with Gasteiger partial charge in [-0.25, -0.2) is 0 Å². The van der Waals surface area contributed by atoms with E-state index in [1.165, 1.54) is 0 Å². The zero-order chi connectivity index (χ0) is 22.0. The summed E-state index contributed by atoms with van der Waals surface area (Å²) in [5, 5.41) is 4.33. The van der Waals surface area contributed by atoms with Crippen LogP contribution < -0.4 is 10.1 Å². The standard InChI is InChI=1S/C23H18Cl2N2O3S/c1-14(15-5-3-2-4-6-15)27-22(28)20(26-23(27)31)12-17-8-9-18(30-17)13-29-21-11-16(24)7-10-19(21)25/h2-12,14H,13H2,1H3,(H,26,31)/b20-12-. The summed E-state index contributed by atoms with van der Waals surface area (Å²) in [6, 6.07) is 18.1. The van der Waals surface area contributed by atoms with Gasteiger partial charge in [-0.2, -0.15) is 0 Å². The Labute approximate surface area is 195 Å². The van der Waals surface area contributed by atoms with Gasteiger partial charge in [-0.05, 0) is 49.0 Å². The molecule has 0 spiro atoms. The summed E-state index contributed by atoms with van der Waals surface area (Å²) >= 11 is 17.5. The lowest BCUT2D eigenvalue weighted by Gasteiger charge is -2.23. The van der Waals surface area contributed by atoms with Crippen molar-refractivity contribution in [2.24, 2.45) is 0 Å². The predicted octanol–water partition coefficient (Wildman–Crippen LogP) is 5.98. The van der Waals surface area contributed by atoms with Gasteiger partial charge in [-0.1, -0.05) is 53.5 Å². The van der Waals surface area contributed by atoms with E-state index in [1.54, 1.807) is 41.3 Å². The van der Waals surface area contributed by atoms with Crippen molar-refractivity contribution in [3.05, 3.63) is 93.5 Å². The maximum atomic E-state index is 12.9. The van der Waals surface area contributed by atoms with Crippen molar-refractivity contribution in [1.29, 1.82) is 0 Å². The van der Waals surface area contributed by atoms with Crippen molar-refractivity contribution >= 4 is 52.5 Å². The van der Waals surface area contributed by atoms with E-state index >= 15 is 0 Å². The first-order valence-corrected chi connectivity index (χ1v) is 10.7. The van der Waals surface area contributed by atoms with Crippen LogP contribution in [0.3, 0.4) is 0 Å². The molecule has 1 saturated heterocycles. The number of hydrogen-bond acceptors (Lipinski definition) is 4. The Morgan fingerprint density at radius 3 is 2.71 bits per heavy atom. The molecule has 0 aliphatic carbocycles. The number of halogens is 2. The number of carbonyl (C=O) groups is 1. The Balaban J connectivity index is 1.46. The van der Waals surface area contributed by atoms with E-state index in [0.717, 1.165) is 5.56 Å². The van der Waals surface area contributed by atoms with Crippen LogP contribution in [-0.2, 0) is 11.4 Å². The molecule has 2 aromatic carbocycles. The van der Waals surface area contributed by atoms with Gasteiger partial charge in [0.05, 0.1) is 11.1 Å². The van der Waals surface area contributed by atoms with Gasteiger partial charge in [0.25, 0.3) is 5.91 Å². The molecule has 0 bridgehead atoms. The first-order chi connectivity index (χ1) is 14.9. The third-order valence-electron chi connectivity index (χ3n) is 4.81. The molecule has 1 fully saturated rings. The Kier molecular flexibility index (Phi) is 6.32. The molecule has 1 N–H and O–H groups in total. The highest BCUT2D eigenvalue weighted by Gasteiger charge is 2.35. The second-order valence-corrected chi connectivity index (χ2v) is 8.15. The van der Waals surface area contributed by atoms with Gasteiger partial charge in [0.15, 0.2) is 5.11 Å². The highest BCUT2D eigenvalue weighted by molar-refractivity contribution is 7.80. The van der Waals surface area contributed by atoms with Gasteiger partial charge in [-0.3, -0.25) is 9.69 Å². The number of thiocarbonyl (C=S) groups is 1. The van der Waals surface area contributed by atoms with Crippen LogP contribution in [0.5, 0.6) is 5.75 Å². The molecular formula is C23H18Cl2N2O3S. The normalized spacial score (nSPS) is 16.0. The van der Waals surface area contributed by atoms with E-state index in [0.29, 0.717) is 38.1 Å². The van der Waals surface area contributed by atoms with Gasteiger partial charge >= 0.3 is 0 Å². The average Bonchev–Trinajstić information content (AvgIpc) is 3.32. The fourth-order valence-corrected chi connectivity index (χ4v) is 3.89. The van der Waals surface area contributed by atoms with Crippen molar-refractivity contribution in [2.45, 2.75) is 19.6 Å². The average molecular weight is 473 g/mol. The molecule has 0 saturated carbocycles. The van der Waals surface area contributed by atoms with E-state index in [2.05, 4.69) is 5.32 Å². The van der Waals surface area contributed by atoms with E-state index < -0.39 is 0 Å². The number of furan rings is 1. The molecule has 1 aliphatic rings. The van der Waals surface area contributed by atoms with Gasteiger partial charge in [0, 0.05) is 17.2 Å². The zero-order valence-corrected chi connectivity index (χ0v) is 18.8. The molecule has 1 amide bonds. The Morgan fingerprint density at radius 2 is 1.94 bits per heavy atom. The van der Waals surface area contributed by atoms with Crippen LogP contribution in [-0.4, -0.2) is 15.9 Å². The van der Waals surface area contributed by atoms with Gasteiger partial charge in [0.2, 0.25) is 0 Å². The van der Waals surface area contributed by atoms with Crippen LogP contribution in [0.4, 0.5) is 0 Å². The Hall–Kier alpha value is -2.80. The van der Waals surface area contributed by atoms with Crippen LogP contribution in [0.15, 0.2) is 70.8 Å². The molecule has 158 valence electrons. The fraction of sp³-hybridized carbons (Fsp3) is 0.130. The summed E-state index contributed by atoms with van der Waals surface area (Å²) in [7, 11) is 0. The highest BCUT2D eigenvalue weighted by Crippen LogP contribution is 2.29. The topological polar surface area (TPSA) is 54.7 Å². The number of ether oxygens (including phenoxy) is 1. The molecule has 1 aliphatic heterocycles. The molecular weight excluding hydrogens is 455 g/mol. The third-order valence-corrected chi connectivity index (χ3v) is 5.66. The third kappa shape index (κ3) is 4.77. The van der Waals surface area contributed by atoms with Crippen LogP contribution in [0.1, 0.15) is 30.0 Å². The lowest BCUT2D eigenvalue weighted by molar-refractivity contribution is -0.123. The van der Waals surface area contributed by atoms with Gasteiger partial charge in [-0.15, -0.1) is 0 Å². The van der Waals surface area contributed by atoms with E-state index in [1.807, 2.05) is 37.3 Å². The molecule has 2 heterocycles. The second-order valence-electron chi connectivity index (χ2n) is 6.92. The molecule has 4 rings (SSSR count). The molecule has 8 heteroatoms. The first-order valence-electron chi connectivity index (χ1n) is 9.50. The first kappa shape index (κ1) is 21.4. The SMILES string of the molecule is CC(c1ccccc1)N1C(=O)/C(=C/c2ccc(COc3cc(Cl)ccc3Cl)o2)NC1=S. The number of nitrogens with one attached hydrogen (secondary N) is 1. The fourth-order valence-electron chi connectivity index (χ4n) is 3.21. The minimum absolute atomic E-state index is 0.167. The minimum atomic E-state index is -0.207. The van der Waals surface area contributed by atoms with Gasteiger partial charge in [0.1, 0.15) is 29.6 Å². The summed E-state index contributed by atoms with van der Waals surface area (Å²) in [5.41, 5.74) is 1.35. The van der Waals surface area contributed by atoms with Crippen molar-refractivity contribution < 1.29 is 13.9 Å². The second kappa shape index (κ2) is 9.14. The number of carbonyl (C=O) groups excluding carboxylic acids is 1. The van der Waals surface area contributed by atoms with E-state index in [4.69, 9.17) is 44.6 Å². The summed E-state index contributed by atoms with van der Waals surface area (Å²) in [4.78, 5) is 14.5. The maximum Gasteiger partial charge on any atom is 0.277 e. The largest absolute Gasteiger partial charge is 0.484 e. The van der Waals surface area contributed by atoms with Crippen LogP contribution in [0.2, 0.25) is 10.0 Å². The summed E-state index contributed by atoms with van der Waals surface area (Å²) in [5.74, 6) is 1.34. The lowest BCUT2D eigenvalue weighted by atomic mass is 10.1. The number of amides is 1. The monoisotopic (exact) mass is 472 g/mol. The van der Waals surface area contributed by atoms with Crippen LogP contribution in [0.25, 0.3) is 6.08 Å². The van der Waals surface area contributed by atoms with Crippen molar-refractivity contribution in [3.8, 4) is 5.75 Å². The summed E-state index contributed by atoms with van der Waals surface area (Å²) < 4.78 is 11.5. The van der Waals surface area contributed by atoms with E-state index in [9.17, 15) is 4.79 Å². The summed E-state index contributed by atoms with van der Waals surface area (Å²) in [6.07, 6.45) is 1.63. The molecule has 1 atom stereocenters. The Morgan fingerprint density at radius 1 is 1.16 bits per heavy atom. The molecule has 31 heavy (non-hydrogen) atoms. The van der Waals surface area contributed by atoms with Crippen LogP contribution >= 0.6 is 35.4 Å². The van der Waals surface area contributed by atoms with Crippen LogP contribution in [0, 0.1) is 0 Å². The molecule has 0 radical (unpaired) electrons. The number of nitrogens with zero attached hydrogens (tertiary/aromatic N) is 1. The smallest absolute Gasteiger partial charge is 0.277 e. The van der Waals surface area contributed by atoms with Gasteiger partial charge < -0.3 is 14.5 Å².